The van der Waals surface area contributed by atoms with E-state index in [0.29, 0.717) is 17.1 Å². The van der Waals surface area contributed by atoms with Crippen molar-refractivity contribution >= 4 is 40.5 Å². The van der Waals surface area contributed by atoms with Gasteiger partial charge >= 0.3 is 0 Å². The molecule has 3 rings (SSSR count). The van der Waals surface area contributed by atoms with Gasteiger partial charge in [-0.1, -0.05) is 13.0 Å². The van der Waals surface area contributed by atoms with E-state index in [1.165, 1.54) is 31.4 Å². The van der Waals surface area contributed by atoms with Crippen molar-refractivity contribution in [1.29, 1.82) is 0 Å². The number of thioether (sulfide) groups is 1. The summed E-state index contributed by atoms with van der Waals surface area (Å²) in [6, 6.07) is 10.2. The van der Waals surface area contributed by atoms with Gasteiger partial charge in [0.05, 0.1) is 29.6 Å². The van der Waals surface area contributed by atoms with Gasteiger partial charge in [0.15, 0.2) is 17.3 Å². The number of nitrogens with zero attached hydrogens (tertiary/aromatic N) is 2. The average molecular weight is 471 g/mol. The second-order valence-corrected chi connectivity index (χ2v) is 8.24. The summed E-state index contributed by atoms with van der Waals surface area (Å²) < 4.78 is 11.2. The van der Waals surface area contributed by atoms with Gasteiger partial charge in [-0.3, -0.25) is 29.4 Å². The molecule has 0 aromatic heterocycles. The summed E-state index contributed by atoms with van der Waals surface area (Å²) in [5.41, 5.74) is 0.650. The van der Waals surface area contributed by atoms with Crippen LogP contribution in [0.1, 0.15) is 36.2 Å². The number of amides is 2. The lowest BCUT2D eigenvalue weighted by Gasteiger charge is -2.15. The van der Waals surface area contributed by atoms with Gasteiger partial charge in [0.25, 0.3) is 16.8 Å². The van der Waals surface area contributed by atoms with Crippen LogP contribution in [0.2, 0.25) is 0 Å². The zero-order valence-electron chi connectivity index (χ0n) is 18.3. The van der Waals surface area contributed by atoms with Gasteiger partial charge < -0.3 is 9.47 Å². The first kappa shape index (κ1) is 24.0. The van der Waals surface area contributed by atoms with Crippen LogP contribution < -0.4 is 9.47 Å². The third-order valence-electron chi connectivity index (χ3n) is 4.96. The van der Waals surface area contributed by atoms with E-state index < -0.39 is 28.4 Å². The molecule has 0 saturated carbocycles. The zero-order chi connectivity index (χ0) is 24.1. The minimum Gasteiger partial charge on any atom is -0.493 e. The summed E-state index contributed by atoms with van der Waals surface area (Å²) >= 11 is 0.737. The molecule has 10 heteroatoms. The molecule has 9 nitrogen and oxygen atoms in total. The van der Waals surface area contributed by atoms with Crippen molar-refractivity contribution < 1.29 is 28.8 Å². The molecule has 1 heterocycles. The van der Waals surface area contributed by atoms with Gasteiger partial charge in [-0.15, -0.1) is 0 Å². The maximum absolute atomic E-state index is 12.8. The molecule has 0 radical (unpaired) electrons. The largest absolute Gasteiger partial charge is 0.493 e. The molecule has 0 unspecified atom stereocenters. The molecular weight excluding hydrogens is 448 g/mol. The molecule has 33 heavy (non-hydrogen) atoms. The van der Waals surface area contributed by atoms with E-state index in [1.54, 1.807) is 24.3 Å². The molecule has 1 aliphatic rings. The van der Waals surface area contributed by atoms with Crippen LogP contribution in [-0.4, -0.2) is 46.5 Å². The number of nitro benzene ring substituents is 1. The third-order valence-corrected chi connectivity index (χ3v) is 5.87. The van der Waals surface area contributed by atoms with Crippen LogP contribution in [0.15, 0.2) is 47.4 Å². The number of Topliss-reactive ketones (excluding diaryl/α,β-unsaturated/α-hetero) is 1. The van der Waals surface area contributed by atoms with E-state index >= 15 is 0 Å². The number of hydrogen-bond acceptors (Lipinski definition) is 8. The smallest absolute Gasteiger partial charge is 0.293 e. The monoisotopic (exact) mass is 470 g/mol. The predicted octanol–water partition coefficient (Wildman–Crippen LogP) is 4.70. The summed E-state index contributed by atoms with van der Waals surface area (Å²) in [6.45, 7) is 3.50. The summed E-state index contributed by atoms with van der Waals surface area (Å²) in [7, 11) is 1.51. The van der Waals surface area contributed by atoms with Gasteiger partial charge in [0.1, 0.15) is 0 Å². The highest BCUT2D eigenvalue weighted by Gasteiger charge is 2.36. The molecule has 172 valence electrons. The number of carbonyl (C=O) groups is 3. The van der Waals surface area contributed by atoms with Gasteiger partial charge in [0, 0.05) is 17.7 Å². The lowest BCUT2D eigenvalue weighted by molar-refractivity contribution is -0.384. The fourth-order valence-corrected chi connectivity index (χ4v) is 3.80. The number of rotatable bonds is 9. The van der Waals surface area contributed by atoms with E-state index in [-0.39, 0.29) is 22.3 Å². The SMILES string of the molecule is CC[C@@H](C)Oc1ccc(/C=C2\SC(=O)N(CC(=O)c3ccc([N+](=O)[O-])cc3)C2=O)cc1OC. The summed E-state index contributed by atoms with van der Waals surface area (Å²) in [6.07, 6.45) is 2.39. The maximum Gasteiger partial charge on any atom is 0.293 e. The van der Waals surface area contributed by atoms with E-state index in [0.717, 1.165) is 23.1 Å². The number of ketones is 1. The van der Waals surface area contributed by atoms with E-state index in [1.807, 2.05) is 13.8 Å². The second-order valence-electron chi connectivity index (χ2n) is 7.24. The van der Waals surface area contributed by atoms with Crippen LogP contribution in [0.25, 0.3) is 6.08 Å². The standard InChI is InChI=1S/C23H22N2O7S/c1-4-14(2)32-19-10-5-15(11-20(19)31-3)12-21-22(27)24(23(28)33-21)13-18(26)16-6-8-17(9-7-16)25(29)30/h5-12,14H,4,13H2,1-3H3/b21-12-/t14-/m1/s1. The fourth-order valence-electron chi connectivity index (χ4n) is 2.96. The van der Waals surface area contributed by atoms with Crippen LogP contribution in [0.5, 0.6) is 11.5 Å². The molecule has 1 atom stereocenters. The maximum atomic E-state index is 12.8. The van der Waals surface area contributed by atoms with Crippen molar-refractivity contribution in [3.8, 4) is 11.5 Å². The Morgan fingerprint density at radius 3 is 2.48 bits per heavy atom. The first-order valence-corrected chi connectivity index (χ1v) is 10.9. The molecule has 2 aromatic carbocycles. The van der Waals surface area contributed by atoms with Crippen LogP contribution in [0.4, 0.5) is 10.5 Å². The Kier molecular flexibility index (Phi) is 7.49. The van der Waals surface area contributed by atoms with Crippen molar-refractivity contribution in [2.75, 3.05) is 13.7 Å². The number of hydrogen-bond donors (Lipinski definition) is 0. The minimum absolute atomic E-state index is 0.00883. The highest BCUT2D eigenvalue weighted by molar-refractivity contribution is 8.18. The molecular formula is C23H22N2O7S. The molecule has 1 fully saturated rings. The van der Waals surface area contributed by atoms with Crippen LogP contribution in [0.3, 0.4) is 0 Å². The number of non-ortho nitro benzene ring substituents is 1. The number of ether oxygens (including phenoxy) is 2. The summed E-state index contributed by atoms with van der Waals surface area (Å²) in [5.74, 6) is -0.0109. The Bertz CT molecular complexity index is 1130. The minimum atomic E-state index is -0.584. The normalized spacial score (nSPS) is 15.6. The number of carbonyl (C=O) groups excluding carboxylic acids is 3. The number of benzene rings is 2. The van der Waals surface area contributed by atoms with Crippen LogP contribution >= 0.6 is 11.8 Å². The Morgan fingerprint density at radius 2 is 1.88 bits per heavy atom. The Hall–Kier alpha value is -3.66. The van der Waals surface area contributed by atoms with E-state index in [9.17, 15) is 24.5 Å². The van der Waals surface area contributed by atoms with E-state index in [2.05, 4.69) is 0 Å². The zero-order valence-corrected chi connectivity index (χ0v) is 19.1. The third kappa shape index (κ3) is 5.58. The van der Waals surface area contributed by atoms with Gasteiger partial charge in [-0.25, -0.2) is 0 Å². The second kappa shape index (κ2) is 10.3. The molecule has 0 spiro atoms. The first-order chi connectivity index (χ1) is 15.7. The van der Waals surface area contributed by atoms with Crippen molar-refractivity contribution in [1.82, 2.24) is 4.90 Å². The van der Waals surface area contributed by atoms with Gasteiger partial charge in [0.2, 0.25) is 0 Å². The summed E-state index contributed by atoms with van der Waals surface area (Å²) in [4.78, 5) is 48.8. The van der Waals surface area contributed by atoms with Gasteiger partial charge in [-0.2, -0.15) is 0 Å². The fraction of sp³-hybridized carbons (Fsp3) is 0.261. The van der Waals surface area contributed by atoms with Crippen molar-refractivity contribution in [3.05, 3.63) is 68.6 Å². The lowest BCUT2D eigenvalue weighted by Crippen LogP contribution is -2.33. The predicted molar refractivity (Wildman–Crippen MR) is 123 cm³/mol. The molecule has 1 saturated heterocycles. The Labute approximate surface area is 194 Å². The Balaban J connectivity index is 1.75. The lowest BCUT2D eigenvalue weighted by atomic mass is 10.1. The highest BCUT2D eigenvalue weighted by Crippen LogP contribution is 2.35. The average Bonchev–Trinajstić information content (AvgIpc) is 3.07. The number of imide groups is 1. The van der Waals surface area contributed by atoms with Gasteiger partial charge in [-0.05, 0) is 61.0 Å². The van der Waals surface area contributed by atoms with Crippen molar-refractivity contribution in [3.63, 3.8) is 0 Å². The molecule has 1 aliphatic heterocycles. The molecule has 2 aromatic rings. The van der Waals surface area contributed by atoms with E-state index in [4.69, 9.17) is 9.47 Å². The topological polar surface area (TPSA) is 116 Å². The van der Waals surface area contributed by atoms with Crippen LogP contribution in [0, 0.1) is 10.1 Å². The quantitative estimate of drug-likeness (QED) is 0.224. The molecule has 0 aliphatic carbocycles. The number of nitro groups is 1. The highest BCUT2D eigenvalue weighted by atomic mass is 32.2. The first-order valence-electron chi connectivity index (χ1n) is 10.1. The van der Waals surface area contributed by atoms with Crippen molar-refractivity contribution in [2.24, 2.45) is 0 Å². The summed E-state index contributed by atoms with van der Waals surface area (Å²) in [5, 5.41) is 10.2. The molecule has 0 N–H and O–H groups in total. The molecule has 0 bridgehead atoms. The van der Waals surface area contributed by atoms with Crippen molar-refractivity contribution in [2.45, 2.75) is 26.4 Å². The van der Waals surface area contributed by atoms with Crippen LogP contribution in [-0.2, 0) is 4.79 Å². The number of methoxy groups -OCH3 is 1. The molecule has 2 amide bonds. The Morgan fingerprint density at radius 1 is 1.18 bits per heavy atom.